The van der Waals surface area contributed by atoms with Crippen LogP contribution in [-0.2, 0) is 6.18 Å². The summed E-state index contributed by atoms with van der Waals surface area (Å²) in [6.07, 6.45) is -1.65. The Kier molecular flexibility index (Phi) is 6.67. The van der Waals surface area contributed by atoms with Gasteiger partial charge >= 0.3 is 12.2 Å². The Hall–Kier alpha value is -4.73. The summed E-state index contributed by atoms with van der Waals surface area (Å²) in [6, 6.07) is 6.29. The third kappa shape index (κ3) is 5.13. The second-order valence-corrected chi connectivity index (χ2v) is 8.13. The fourth-order valence-electron chi connectivity index (χ4n) is 3.82. The number of urea groups is 1. The molecule has 0 aliphatic heterocycles. The van der Waals surface area contributed by atoms with E-state index in [1.807, 2.05) is 12.2 Å². The van der Waals surface area contributed by atoms with Crippen LogP contribution < -0.4 is 16.4 Å². The SMILES string of the molecule is C[C@@H](CC#N)c1cn2ncnc(N)c2c1-c1ccc(NC(=O)Nc2cc(C(F)(F)F)ccc2F)c(F)c1. The van der Waals surface area contributed by atoms with Crippen molar-refractivity contribution in [3.63, 3.8) is 0 Å². The van der Waals surface area contributed by atoms with E-state index in [1.54, 1.807) is 6.20 Å². The lowest BCUT2D eigenvalue weighted by Gasteiger charge is -2.13. The lowest BCUT2D eigenvalue weighted by molar-refractivity contribution is -0.137. The summed E-state index contributed by atoms with van der Waals surface area (Å²) in [5.41, 5.74) is 5.78. The van der Waals surface area contributed by atoms with Crippen molar-refractivity contribution < 1.29 is 26.7 Å². The molecule has 0 saturated carbocycles. The van der Waals surface area contributed by atoms with Gasteiger partial charge in [0.15, 0.2) is 5.82 Å². The second-order valence-electron chi connectivity index (χ2n) is 8.13. The predicted molar refractivity (Wildman–Crippen MR) is 125 cm³/mol. The highest BCUT2D eigenvalue weighted by Gasteiger charge is 2.31. The molecular formula is C24H18F5N7O. The Balaban J connectivity index is 1.64. The van der Waals surface area contributed by atoms with Crippen molar-refractivity contribution in [2.24, 2.45) is 0 Å². The minimum atomic E-state index is -4.75. The minimum absolute atomic E-state index is 0.130. The topological polar surface area (TPSA) is 121 Å². The zero-order chi connectivity index (χ0) is 26.9. The predicted octanol–water partition coefficient (Wildman–Crippen LogP) is 5.94. The molecule has 4 N–H and O–H groups in total. The van der Waals surface area contributed by atoms with Gasteiger partial charge in [0.25, 0.3) is 0 Å². The molecular weight excluding hydrogens is 497 g/mol. The van der Waals surface area contributed by atoms with Crippen molar-refractivity contribution in [3.05, 3.63) is 71.7 Å². The largest absolute Gasteiger partial charge is 0.416 e. The van der Waals surface area contributed by atoms with Crippen LogP contribution in [0, 0.1) is 23.0 Å². The normalized spacial score (nSPS) is 12.2. The van der Waals surface area contributed by atoms with Crippen molar-refractivity contribution in [1.82, 2.24) is 14.6 Å². The number of anilines is 3. The molecule has 0 bridgehead atoms. The molecule has 2 amide bonds. The maximum atomic E-state index is 15.0. The number of amides is 2. The first-order valence-corrected chi connectivity index (χ1v) is 10.7. The highest BCUT2D eigenvalue weighted by Crippen LogP contribution is 2.38. The van der Waals surface area contributed by atoms with Crippen molar-refractivity contribution in [2.45, 2.75) is 25.4 Å². The molecule has 4 aromatic rings. The van der Waals surface area contributed by atoms with Crippen LogP contribution in [0.1, 0.15) is 30.4 Å². The number of nitrogen functional groups attached to an aromatic ring is 1. The van der Waals surface area contributed by atoms with Crippen LogP contribution in [0.5, 0.6) is 0 Å². The number of carbonyl (C=O) groups excluding carboxylic acids is 1. The van der Waals surface area contributed by atoms with Crippen molar-refractivity contribution in [3.8, 4) is 17.2 Å². The molecule has 0 aliphatic rings. The van der Waals surface area contributed by atoms with Crippen molar-refractivity contribution in [1.29, 1.82) is 5.26 Å². The first-order chi connectivity index (χ1) is 17.5. The summed E-state index contributed by atoms with van der Waals surface area (Å²) in [5, 5.41) is 17.4. The Morgan fingerprint density at radius 2 is 1.86 bits per heavy atom. The van der Waals surface area contributed by atoms with E-state index in [4.69, 9.17) is 11.0 Å². The van der Waals surface area contributed by atoms with Crippen LogP contribution in [0.4, 0.5) is 43.9 Å². The van der Waals surface area contributed by atoms with Crippen LogP contribution in [0.3, 0.4) is 0 Å². The summed E-state index contributed by atoms with van der Waals surface area (Å²) in [7, 11) is 0. The molecule has 0 saturated heterocycles. The zero-order valence-electron chi connectivity index (χ0n) is 19.1. The number of carbonyl (C=O) groups is 1. The summed E-state index contributed by atoms with van der Waals surface area (Å²) in [6.45, 7) is 1.81. The third-order valence-corrected chi connectivity index (χ3v) is 5.61. The van der Waals surface area contributed by atoms with Crippen LogP contribution in [0.25, 0.3) is 16.6 Å². The second kappa shape index (κ2) is 9.73. The molecule has 13 heteroatoms. The monoisotopic (exact) mass is 515 g/mol. The zero-order valence-corrected chi connectivity index (χ0v) is 19.1. The summed E-state index contributed by atoms with van der Waals surface area (Å²) in [4.78, 5) is 16.3. The molecule has 0 radical (unpaired) electrons. The number of nitrogens with zero attached hydrogens (tertiary/aromatic N) is 4. The first-order valence-electron chi connectivity index (χ1n) is 10.7. The molecule has 190 valence electrons. The quantitative estimate of drug-likeness (QED) is 0.284. The molecule has 0 fully saturated rings. The maximum Gasteiger partial charge on any atom is 0.416 e. The van der Waals surface area contributed by atoms with E-state index in [0.29, 0.717) is 40.4 Å². The van der Waals surface area contributed by atoms with E-state index in [0.717, 1.165) is 6.07 Å². The van der Waals surface area contributed by atoms with Crippen molar-refractivity contribution in [2.75, 3.05) is 16.4 Å². The number of alkyl halides is 3. The van der Waals surface area contributed by atoms with Gasteiger partial charge in [-0.25, -0.2) is 23.1 Å². The molecule has 2 aromatic carbocycles. The Morgan fingerprint density at radius 3 is 2.54 bits per heavy atom. The summed E-state index contributed by atoms with van der Waals surface area (Å²) >= 11 is 0. The molecule has 1 atom stereocenters. The van der Waals surface area contributed by atoms with E-state index in [1.165, 1.54) is 23.0 Å². The van der Waals surface area contributed by atoms with Crippen LogP contribution in [0.15, 0.2) is 48.9 Å². The summed E-state index contributed by atoms with van der Waals surface area (Å²) in [5.74, 6) is -2.11. The number of halogens is 5. The molecule has 8 nitrogen and oxygen atoms in total. The van der Waals surface area contributed by atoms with Gasteiger partial charge in [0, 0.05) is 18.2 Å². The van der Waals surface area contributed by atoms with E-state index >= 15 is 4.39 Å². The molecule has 4 rings (SSSR count). The van der Waals surface area contributed by atoms with Gasteiger partial charge in [-0.05, 0) is 47.4 Å². The molecule has 2 aromatic heterocycles. The molecule has 2 heterocycles. The number of nitrogens with one attached hydrogen (secondary N) is 2. The maximum absolute atomic E-state index is 15.0. The molecule has 37 heavy (non-hydrogen) atoms. The van der Waals surface area contributed by atoms with Gasteiger partial charge in [-0.3, -0.25) is 0 Å². The van der Waals surface area contributed by atoms with Crippen molar-refractivity contribution >= 4 is 28.7 Å². The highest BCUT2D eigenvalue weighted by atomic mass is 19.4. The third-order valence-electron chi connectivity index (χ3n) is 5.61. The van der Waals surface area contributed by atoms with Gasteiger partial charge in [-0.15, -0.1) is 0 Å². The van der Waals surface area contributed by atoms with Gasteiger partial charge in [0.2, 0.25) is 0 Å². The fraction of sp³-hybridized carbons (Fsp3) is 0.167. The van der Waals surface area contributed by atoms with Crippen LogP contribution in [0.2, 0.25) is 0 Å². The van der Waals surface area contributed by atoms with E-state index < -0.39 is 35.1 Å². The number of hydrogen-bond acceptors (Lipinski definition) is 5. The Bertz CT molecular complexity index is 1540. The number of nitriles is 1. The number of benzene rings is 2. The Labute approximate surface area is 206 Å². The molecule has 0 spiro atoms. The molecule has 0 aliphatic carbocycles. The average Bonchev–Trinajstić information content (AvgIpc) is 3.22. The van der Waals surface area contributed by atoms with Gasteiger partial charge < -0.3 is 16.4 Å². The van der Waals surface area contributed by atoms with Crippen LogP contribution >= 0.6 is 0 Å². The number of nitrogens with two attached hydrogens (primary N) is 1. The van der Waals surface area contributed by atoms with Gasteiger partial charge in [0.1, 0.15) is 23.5 Å². The van der Waals surface area contributed by atoms with Gasteiger partial charge in [-0.1, -0.05) is 13.0 Å². The van der Waals surface area contributed by atoms with Gasteiger partial charge in [-0.2, -0.15) is 23.5 Å². The lowest BCUT2D eigenvalue weighted by atomic mass is 9.92. The van der Waals surface area contributed by atoms with E-state index in [2.05, 4.69) is 21.5 Å². The number of hydrogen-bond donors (Lipinski definition) is 3. The average molecular weight is 515 g/mol. The number of fused-ring (bicyclic) bond motifs is 1. The molecule has 0 unspecified atom stereocenters. The van der Waals surface area contributed by atoms with Crippen LogP contribution in [-0.4, -0.2) is 20.6 Å². The smallest absolute Gasteiger partial charge is 0.382 e. The lowest BCUT2D eigenvalue weighted by Crippen LogP contribution is -2.21. The van der Waals surface area contributed by atoms with Gasteiger partial charge in [0.05, 0.1) is 23.0 Å². The minimum Gasteiger partial charge on any atom is -0.382 e. The first kappa shape index (κ1) is 25.4. The highest BCUT2D eigenvalue weighted by molar-refractivity contribution is 6.00. The summed E-state index contributed by atoms with van der Waals surface area (Å²) < 4.78 is 69.2. The van der Waals surface area contributed by atoms with E-state index in [9.17, 15) is 22.4 Å². The number of aromatic nitrogens is 3. The Morgan fingerprint density at radius 1 is 1.14 bits per heavy atom. The van der Waals surface area contributed by atoms with E-state index in [-0.39, 0.29) is 23.8 Å². The fourth-order valence-corrected chi connectivity index (χ4v) is 3.82. The standard InChI is InChI=1S/C24H18F5N7O/c1-12(6-7-30)15-10-36-21(22(31)32-11-33-36)20(15)13-2-5-18(17(26)8-13)34-23(37)35-19-9-14(24(27,28)29)3-4-16(19)25/h2-5,8-12H,6H2,1H3,(H2,31,32,33)(H2,34,35,37)/t12-/m0/s1. The number of rotatable bonds is 5.